The highest BCUT2D eigenvalue weighted by Gasteiger charge is 2.20. The fourth-order valence-corrected chi connectivity index (χ4v) is 3.44. The molecule has 0 aliphatic rings. The summed E-state index contributed by atoms with van der Waals surface area (Å²) in [4.78, 5) is 12.1. The number of hydrogen-bond donors (Lipinski definition) is 1. The molecule has 0 fully saturated rings. The van der Waals surface area contributed by atoms with Crippen molar-refractivity contribution in [3.63, 3.8) is 0 Å². The van der Waals surface area contributed by atoms with Crippen molar-refractivity contribution in [2.24, 2.45) is 12.2 Å². The second-order valence-corrected chi connectivity index (χ2v) is 8.11. The molecule has 0 unspecified atom stereocenters. The molecular formula is C20H18F2N2O3S. The molecule has 0 spiro atoms. The summed E-state index contributed by atoms with van der Waals surface area (Å²) in [6.07, 6.45) is -0.153. The maximum Gasteiger partial charge on any atom is 0.238 e. The summed E-state index contributed by atoms with van der Waals surface area (Å²) in [5.74, 6) is -2.24. The van der Waals surface area contributed by atoms with E-state index >= 15 is 0 Å². The fourth-order valence-electron chi connectivity index (χ4n) is 2.91. The summed E-state index contributed by atoms with van der Waals surface area (Å²) in [6, 6.07) is 11.7. The Hall–Kier alpha value is -2.84. The van der Waals surface area contributed by atoms with Crippen LogP contribution in [0.2, 0.25) is 0 Å². The molecule has 146 valence electrons. The highest BCUT2D eigenvalue weighted by molar-refractivity contribution is 7.89. The predicted molar refractivity (Wildman–Crippen MR) is 101 cm³/mol. The number of aromatic nitrogens is 1. The lowest BCUT2D eigenvalue weighted by atomic mass is 10.1. The standard InChI is InChI=1S/C20H18F2N2O3S/c1-12-3-5-13(6-4-12)20(25)19-8-7-14(24(19)2)9-16-17(21)10-15(11-18(16)22)28(23,26)27/h3-8,10-11H,9H2,1-2H3,(H2,23,26,27). The van der Waals surface area contributed by atoms with E-state index in [1.165, 1.54) is 0 Å². The highest BCUT2D eigenvalue weighted by Crippen LogP contribution is 2.23. The monoisotopic (exact) mass is 404 g/mol. The van der Waals surface area contributed by atoms with Crippen molar-refractivity contribution in [3.8, 4) is 0 Å². The molecule has 0 bridgehead atoms. The van der Waals surface area contributed by atoms with Crippen LogP contribution in [0.15, 0.2) is 53.4 Å². The molecule has 5 nitrogen and oxygen atoms in total. The van der Waals surface area contributed by atoms with Crippen LogP contribution in [0, 0.1) is 18.6 Å². The van der Waals surface area contributed by atoms with Crippen LogP contribution in [-0.4, -0.2) is 18.8 Å². The van der Waals surface area contributed by atoms with Gasteiger partial charge in [0.05, 0.1) is 10.6 Å². The Morgan fingerprint density at radius 2 is 1.61 bits per heavy atom. The number of benzene rings is 2. The third kappa shape index (κ3) is 3.88. The number of aryl methyl sites for hydroxylation is 1. The van der Waals surface area contributed by atoms with Gasteiger partial charge in [0.2, 0.25) is 15.8 Å². The second-order valence-electron chi connectivity index (χ2n) is 6.55. The molecule has 3 rings (SSSR count). The number of nitrogens with zero attached hydrogens (tertiary/aromatic N) is 1. The van der Waals surface area contributed by atoms with Crippen LogP contribution in [-0.2, 0) is 23.5 Å². The molecule has 3 aromatic rings. The zero-order valence-electron chi connectivity index (χ0n) is 15.2. The molecule has 0 radical (unpaired) electrons. The van der Waals surface area contributed by atoms with Gasteiger partial charge in [0, 0.05) is 30.3 Å². The van der Waals surface area contributed by atoms with Crippen molar-refractivity contribution in [3.05, 3.63) is 88.2 Å². The summed E-state index contributed by atoms with van der Waals surface area (Å²) >= 11 is 0. The second kappa shape index (κ2) is 7.29. The Morgan fingerprint density at radius 3 is 2.14 bits per heavy atom. The molecule has 1 aromatic heterocycles. The predicted octanol–water partition coefficient (Wildman–Crippen LogP) is 3.08. The van der Waals surface area contributed by atoms with Gasteiger partial charge in [-0.15, -0.1) is 0 Å². The Labute approximate surface area is 161 Å². The lowest BCUT2D eigenvalue weighted by Crippen LogP contribution is -2.14. The van der Waals surface area contributed by atoms with Crippen LogP contribution >= 0.6 is 0 Å². The van der Waals surface area contributed by atoms with Gasteiger partial charge in [-0.05, 0) is 31.2 Å². The molecule has 2 aromatic carbocycles. The van der Waals surface area contributed by atoms with E-state index in [2.05, 4.69) is 0 Å². The maximum atomic E-state index is 14.3. The molecule has 0 saturated carbocycles. The van der Waals surface area contributed by atoms with Crippen LogP contribution in [0.5, 0.6) is 0 Å². The van der Waals surface area contributed by atoms with Crippen molar-refractivity contribution >= 4 is 15.8 Å². The lowest BCUT2D eigenvalue weighted by Gasteiger charge is -2.10. The number of primary sulfonamides is 1. The first-order valence-electron chi connectivity index (χ1n) is 8.34. The maximum absolute atomic E-state index is 14.3. The number of ketones is 1. The van der Waals surface area contributed by atoms with Crippen LogP contribution in [0.4, 0.5) is 8.78 Å². The average Bonchev–Trinajstić information content (AvgIpc) is 2.97. The van der Waals surface area contributed by atoms with Gasteiger partial charge in [-0.1, -0.05) is 29.8 Å². The number of hydrogen-bond acceptors (Lipinski definition) is 3. The van der Waals surface area contributed by atoms with Gasteiger partial charge in [-0.25, -0.2) is 22.3 Å². The lowest BCUT2D eigenvalue weighted by molar-refractivity contribution is 0.103. The van der Waals surface area contributed by atoms with E-state index in [4.69, 9.17) is 5.14 Å². The number of nitrogens with two attached hydrogens (primary N) is 1. The van der Waals surface area contributed by atoms with E-state index < -0.39 is 26.6 Å². The Kier molecular flexibility index (Phi) is 5.18. The molecular weight excluding hydrogens is 386 g/mol. The minimum Gasteiger partial charge on any atom is -0.345 e. The number of sulfonamides is 1. The molecule has 28 heavy (non-hydrogen) atoms. The first-order chi connectivity index (χ1) is 13.1. The first kappa shape index (κ1) is 19.9. The first-order valence-corrected chi connectivity index (χ1v) is 9.89. The summed E-state index contributed by atoms with van der Waals surface area (Å²) < 4.78 is 52.7. The van der Waals surface area contributed by atoms with Gasteiger partial charge in [0.15, 0.2) is 0 Å². The van der Waals surface area contributed by atoms with E-state index in [1.54, 1.807) is 35.9 Å². The number of halogens is 2. The quantitative estimate of drug-likeness (QED) is 0.664. The Balaban J connectivity index is 1.93. The van der Waals surface area contributed by atoms with Crippen LogP contribution < -0.4 is 5.14 Å². The summed E-state index contributed by atoms with van der Waals surface area (Å²) in [5, 5.41) is 4.92. The largest absolute Gasteiger partial charge is 0.345 e. The van der Waals surface area contributed by atoms with Crippen LogP contribution in [0.3, 0.4) is 0 Å². The zero-order valence-corrected chi connectivity index (χ0v) is 16.1. The van der Waals surface area contributed by atoms with E-state index in [-0.39, 0.29) is 17.8 Å². The number of carbonyl (C=O) groups excluding carboxylic acids is 1. The summed E-state index contributed by atoms with van der Waals surface area (Å²) in [5.41, 5.74) is 2.10. The Bertz CT molecular complexity index is 1140. The molecule has 0 aliphatic carbocycles. The van der Waals surface area contributed by atoms with Crippen LogP contribution in [0.1, 0.15) is 32.9 Å². The molecule has 2 N–H and O–H groups in total. The van der Waals surface area contributed by atoms with Gasteiger partial charge >= 0.3 is 0 Å². The van der Waals surface area contributed by atoms with Gasteiger partial charge in [0.1, 0.15) is 11.6 Å². The third-order valence-electron chi connectivity index (χ3n) is 4.57. The van der Waals surface area contributed by atoms with Gasteiger partial charge < -0.3 is 4.57 Å². The van der Waals surface area contributed by atoms with Crippen molar-refractivity contribution in [1.82, 2.24) is 4.57 Å². The SMILES string of the molecule is Cc1ccc(C(=O)c2ccc(Cc3c(F)cc(S(N)(=O)=O)cc3F)n2C)cc1. The van der Waals surface area contributed by atoms with Crippen molar-refractivity contribution < 1.29 is 22.0 Å². The molecule has 0 amide bonds. The van der Waals surface area contributed by atoms with Crippen LogP contribution in [0.25, 0.3) is 0 Å². The normalized spacial score (nSPS) is 11.6. The number of rotatable bonds is 5. The Morgan fingerprint density at radius 1 is 1.04 bits per heavy atom. The van der Waals surface area contributed by atoms with Crippen molar-refractivity contribution in [2.75, 3.05) is 0 Å². The van der Waals surface area contributed by atoms with E-state index in [9.17, 15) is 22.0 Å². The third-order valence-corrected chi connectivity index (χ3v) is 5.47. The molecule has 0 aliphatic heterocycles. The van der Waals surface area contributed by atoms with Gasteiger partial charge in [-0.2, -0.15) is 0 Å². The van der Waals surface area contributed by atoms with E-state index in [0.717, 1.165) is 5.56 Å². The highest BCUT2D eigenvalue weighted by atomic mass is 32.2. The minimum absolute atomic E-state index is 0.153. The zero-order chi connectivity index (χ0) is 20.6. The van der Waals surface area contributed by atoms with Gasteiger partial charge in [-0.3, -0.25) is 4.79 Å². The topological polar surface area (TPSA) is 82.2 Å². The van der Waals surface area contributed by atoms with E-state index in [1.807, 2.05) is 19.1 Å². The molecule has 1 heterocycles. The van der Waals surface area contributed by atoms with E-state index in [0.29, 0.717) is 29.1 Å². The molecule has 8 heteroatoms. The summed E-state index contributed by atoms with van der Waals surface area (Å²) in [7, 11) is -2.59. The molecule has 0 saturated heterocycles. The fraction of sp³-hybridized carbons (Fsp3) is 0.150. The van der Waals surface area contributed by atoms with Crippen molar-refractivity contribution in [1.29, 1.82) is 0 Å². The minimum atomic E-state index is -4.22. The van der Waals surface area contributed by atoms with Crippen molar-refractivity contribution in [2.45, 2.75) is 18.2 Å². The molecule has 0 atom stereocenters. The number of carbonyl (C=O) groups is 1. The summed E-state index contributed by atoms with van der Waals surface area (Å²) in [6.45, 7) is 1.92. The smallest absolute Gasteiger partial charge is 0.238 e. The van der Waals surface area contributed by atoms with Gasteiger partial charge in [0.25, 0.3) is 0 Å². The average molecular weight is 404 g/mol.